The van der Waals surface area contributed by atoms with Crippen molar-refractivity contribution < 1.29 is 0 Å². The number of hydrazine groups is 1. The molecule has 0 amide bonds. The van der Waals surface area contributed by atoms with Gasteiger partial charge in [0.25, 0.3) is 0 Å². The maximum Gasteiger partial charge on any atom is 0.0731 e. The van der Waals surface area contributed by atoms with Crippen molar-refractivity contribution in [3.8, 4) is 0 Å². The zero-order valence-electron chi connectivity index (χ0n) is 9.77. The summed E-state index contributed by atoms with van der Waals surface area (Å²) in [5.41, 5.74) is 5.14. The Bertz CT molecular complexity index is 486. The van der Waals surface area contributed by atoms with Crippen molar-refractivity contribution in [2.45, 2.75) is 19.4 Å². The molecule has 0 aliphatic heterocycles. The van der Waals surface area contributed by atoms with E-state index in [4.69, 9.17) is 5.84 Å². The van der Waals surface area contributed by atoms with Crippen LogP contribution in [0.25, 0.3) is 0 Å². The van der Waals surface area contributed by atoms with Crippen LogP contribution in [0.3, 0.4) is 0 Å². The minimum atomic E-state index is 0.111. The van der Waals surface area contributed by atoms with Crippen LogP contribution in [0, 0.1) is 6.92 Å². The first-order valence-electron chi connectivity index (χ1n) is 5.30. The lowest BCUT2D eigenvalue weighted by Gasteiger charge is -2.12. The lowest BCUT2D eigenvalue weighted by Crippen LogP contribution is -2.29. The van der Waals surface area contributed by atoms with Gasteiger partial charge in [0, 0.05) is 24.5 Å². The van der Waals surface area contributed by atoms with Crippen LogP contribution >= 0.6 is 27.3 Å². The standard InChI is InChI=1S/C11H15BrN4S/c1-7-5-10(17-11(7)12)9(14-13)6-8-3-4-16(2)15-8/h3-5,9,14H,6,13H2,1-2H3. The van der Waals surface area contributed by atoms with E-state index in [1.807, 2.05) is 19.3 Å². The Morgan fingerprint density at radius 1 is 1.65 bits per heavy atom. The predicted molar refractivity (Wildman–Crippen MR) is 73.7 cm³/mol. The van der Waals surface area contributed by atoms with Gasteiger partial charge in [-0.2, -0.15) is 5.10 Å². The second-order valence-electron chi connectivity index (χ2n) is 4.01. The molecule has 4 nitrogen and oxygen atoms in total. The highest BCUT2D eigenvalue weighted by molar-refractivity contribution is 9.11. The molecule has 0 saturated heterocycles. The molecule has 17 heavy (non-hydrogen) atoms. The molecular weight excluding hydrogens is 300 g/mol. The van der Waals surface area contributed by atoms with Crippen LogP contribution in [-0.4, -0.2) is 9.78 Å². The lowest BCUT2D eigenvalue weighted by atomic mass is 10.1. The summed E-state index contributed by atoms with van der Waals surface area (Å²) in [5, 5.41) is 4.37. The summed E-state index contributed by atoms with van der Waals surface area (Å²) in [7, 11) is 1.92. The fourth-order valence-corrected chi connectivity index (χ4v) is 3.31. The molecule has 2 aromatic heterocycles. The summed E-state index contributed by atoms with van der Waals surface area (Å²) in [4.78, 5) is 1.22. The summed E-state index contributed by atoms with van der Waals surface area (Å²) in [5.74, 6) is 5.63. The molecule has 0 aromatic carbocycles. The van der Waals surface area contributed by atoms with Crippen LogP contribution in [0.5, 0.6) is 0 Å². The Morgan fingerprint density at radius 2 is 2.41 bits per heavy atom. The third-order valence-electron chi connectivity index (χ3n) is 2.60. The smallest absolute Gasteiger partial charge is 0.0731 e. The fourth-order valence-electron chi connectivity index (χ4n) is 1.68. The molecule has 0 fully saturated rings. The van der Waals surface area contributed by atoms with Crippen LogP contribution in [0.1, 0.15) is 22.2 Å². The predicted octanol–water partition coefficient (Wildman–Crippen LogP) is 2.30. The van der Waals surface area contributed by atoms with Crippen LogP contribution in [0.15, 0.2) is 22.1 Å². The SMILES string of the molecule is Cc1cc(C(Cc2ccn(C)n2)NN)sc1Br. The summed E-state index contributed by atoms with van der Waals surface area (Å²) in [6.07, 6.45) is 2.74. The van der Waals surface area contributed by atoms with Crippen LogP contribution in [-0.2, 0) is 13.5 Å². The number of aromatic nitrogens is 2. The van der Waals surface area contributed by atoms with Gasteiger partial charge in [-0.3, -0.25) is 16.0 Å². The highest BCUT2D eigenvalue weighted by Gasteiger charge is 2.15. The summed E-state index contributed by atoms with van der Waals surface area (Å²) in [6.45, 7) is 2.08. The van der Waals surface area contributed by atoms with Crippen LogP contribution < -0.4 is 11.3 Å². The average Bonchev–Trinajstić information content (AvgIpc) is 2.83. The van der Waals surface area contributed by atoms with Crippen molar-refractivity contribution in [3.63, 3.8) is 0 Å². The molecule has 2 heterocycles. The number of nitrogens with two attached hydrogens (primary N) is 1. The molecule has 1 unspecified atom stereocenters. The molecule has 0 spiro atoms. The van der Waals surface area contributed by atoms with Crippen molar-refractivity contribution in [1.29, 1.82) is 0 Å². The van der Waals surface area contributed by atoms with Crippen molar-refractivity contribution in [3.05, 3.63) is 38.3 Å². The maximum absolute atomic E-state index is 5.63. The van der Waals surface area contributed by atoms with Gasteiger partial charge in [0.05, 0.1) is 15.5 Å². The van der Waals surface area contributed by atoms with E-state index < -0.39 is 0 Å². The molecule has 92 valence electrons. The first kappa shape index (κ1) is 12.8. The molecule has 3 N–H and O–H groups in total. The first-order valence-corrected chi connectivity index (χ1v) is 6.91. The monoisotopic (exact) mass is 314 g/mol. The van der Waals surface area contributed by atoms with E-state index in [1.54, 1.807) is 16.0 Å². The van der Waals surface area contributed by atoms with Crippen molar-refractivity contribution in [2.24, 2.45) is 12.9 Å². The molecule has 0 bridgehead atoms. The molecule has 1 atom stereocenters. The van der Waals surface area contributed by atoms with Gasteiger partial charge in [0.2, 0.25) is 0 Å². The van der Waals surface area contributed by atoms with E-state index in [-0.39, 0.29) is 6.04 Å². The summed E-state index contributed by atoms with van der Waals surface area (Å²) >= 11 is 5.25. The molecule has 2 aromatic rings. The minimum absolute atomic E-state index is 0.111. The molecule has 2 rings (SSSR count). The highest BCUT2D eigenvalue weighted by Crippen LogP contribution is 2.32. The number of aryl methyl sites for hydroxylation is 2. The molecule has 0 aliphatic rings. The largest absolute Gasteiger partial charge is 0.276 e. The third kappa shape index (κ3) is 2.95. The van der Waals surface area contributed by atoms with Gasteiger partial charge in [-0.25, -0.2) is 0 Å². The van der Waals surface area contributed by atoms with E-state index in [0.29, 0.717) is 0 Å². The molecule has 0 aliphatic carbocycles. The minimum Gasteiger partial charge on any atom is -0.276 e. The Hall–Kier alpha value is -0.690. The average molecular weight is 315 g/mol. The van der Waals surface area contributed by atoms with Gasteiger partial charge in [0.15, 0.2) is 0 Å². The highest BCUT2D eigenvalue weighted by atomic mass is 79.9. The van der Waals surface area contributed by atoms with Crippen LogP contribution in [0.2, 0.25) is 0 Å². The first-order chi connectivity index (χ1) is 8.10. The molecule has 0 saturated carbocycles. The quantitative estimate of drug-likeness (QED) is 0.672. The number of rotatable bonds is 4. The van der Waals surface area contributed by atoms with Gasteiger partial charge in [-0.1, -0.05) is 0 Å². The summed E-state index contributed by atoms with van der Waals surface area (Å²) < 4.78 is 2.96. The van der Waals surface area contributed by atoms with Gasteiger partial charge in [0.1, 0.15) is 0 Å². The summed E-state index contributed by atoms with van der Waals surface area (Å²) in [6, 6.07) is 4.28. The van der Waals surface area contributed by atoms with Gasteiger partial charge >= 0.3 is 0 Å². The van der Waals surface area contributed by atoms with E-state index in [1.165, 1.54) is 10.4 Å². The number of nitrogens with one attached hydrogen (secondary N) is 1. The van der Waals surface area contributed by atoms with Crippen LogP contribution in [0.4, 0.5) is 0 Å². The third-order valence-corrected chi connectivity index (χ3v) is 4.85. The second-order valence-corrected chi connectivity index (χ2v) is 6.41. The topological polar surface area (TPSA) is 55.9 Å². The Balaban J connectivity index is 2.16. The Labute approximate surface area is 113 Å². The number of nitrogens with zero attached hydrogens (tertiary/aromatic N) is 2. The van der Waals surface area contributed by atoms with Crippen molar-refractivity contribution in [1.82, 2.24) is 15.2 Å². The fraction of sp³-hybridized carbons (Fsp3) is 0.364. The zero-order chi connectivity index (χ0) is 12.4. The maximum atomic E-state index is 5.63. The van der Waals surface area contributed by atoms with Crippen molar-refractivity contribution >= 4 is 27.3 Å². The normalized spacial score (nSPS) is 12.9. The lowest BCUT2D eigenvalue weighted by molar-refractivity contribution is 0.549. The molecule has 0 radical (unpaired) electrons. The Kier molecular flexibility index (Phi) is 3.98. The van der Waals surface area contributed by atoms with Gasteiger partial charge < -0.3 is 0 Å². The number of hydrogen-bond donors (Lipinski definition) is 2. The second kappa shape index (κ2) is 5.30. The van der Waals surface area contributed by atoms with E-state index in [9.17, 15) is 0 Å². The van der Waals surface area contributed by atoms with Gasteiger partial charge in [-0.05, 0) is 40.5 Å². The van der Waals surface area contributed by atoms with E-state index in [0.717, 1.165) is 15.9 Å². The number of thiophene rings is 1. The zero-order valence-corrected chi connectivity index (χ0v) is 12.2. The Morgan fingerprint density at radius 3 is 2.88 bits per heavy atom. The number of hydrogen-bond acceptors (Lipinski definition) is 4. The van der Waals surface area contributed by atoms with Crippen molar-refractivity contribution in [2.75, 3.05) is 0 Å². The molecule has 6 heteroatoms. The van der Waals surface area contributed by atoms with Gasteiger partial charge in [-0.15, -0.1) is 11.3 Å². The van der Waals surface area contributed by atoms with E-state index in [2.05, 4.69) is 39.4 Å². The van der Waals surface area contributed by atoms with E-state index >= 15 is 0 Å². The molecular formula is C11H15BrN4S. The number of halogens is 1.